The fourth-order valence-corrected chi connectivity index (χ4v) is 4.21. The highest BCUT2D eigenvalue weighted by atomic mass is 16.1. The van der Waals surface area contributed by atoms with Crippen molar-refractivity contribution >= 4 is 10.9 Å². The lowest BCUT2D eigenvalue weighted by Gasteiger charge is -2.27. The molecule has 1 aliphatic heterocycles. The Balaban J connectivity index is 1.34. The second-order valence-corrected chi connectivity index (χ2v) is 7.72. The van der Waals surface area contributed by atoms with E-state index in [0.717, 1.165) is 43.7 Å². The van der Waals surface area contributed by atoms with Crippen molar-refractivity contribution < 1.29 is 0 Å². The number of fused-ring (bicyclic) bond motifs is 3. The molecule has 5 nitrogen and oxygen atoms in total. The number of rotatable bonds is 4. The zero-order chi connectivity index (χ0) is 19.8. The molecule has 0 saturated heterocycles. The van der Waals surface area contributed by atoms with E-state index in [1.807, 2.05) is 19.1 Å². The van der Waals surface area contributed by atoms with E-state index < -0.39 is 0 Å². The first-order valence-electron chi connectivity index (χ1n) is 10.2. The average molecular weight is 384 g/mol. The molecule has 0 saturated carbocycles. The van der Waals surface area contributed by atoms with E-state index in [9.17, 15) is 4.79 Å². The lowest BCUT2D eigenvalue weighted by Crippen LogP contribution is -2.29. The molecular formula is C24H24N4O. The van der Waals surface area contributed by atoms with Gasteiger partial charge in [-0.3, -0.25) is 9.69 Å². The van der Waals surface area contributed by atoms with Gasteiger partial charge in [-0.2, -0.15) is 0 Å². The summed E-state index contributed by atoms with van der Waals surface area (Å²) in [6.45, 7) is 4.94. The highest BCUT2D eigenvalue weighted by Crippen LogP contribution is 2.28. The van der Waals surface area contributed by atoms with Crippen molar-refractivity contribution in [2.75, 3.05) is 6.54 Å². The van der Waals surface area contributed by atoms with Crippen LogP contribution in [0.2, 0.25) is 0 Å². The molecule has 5 heteroatoms. The van der Waals surface area contributed by atoms with Crippen molar-refractivity contribution in [3.63, 3.8) is 0 Å². The monoisotopic (exact) mass is 384 g/mol. The minimum absolute atomic E-state index is 0.0984. The number of H-pyrrole nitrogens is 2. The Morgan fingerprint density at radius 3 is 2.72 bits per heavy atom. The molecule has 2 aromatic heterocycles. The summed E-state index contributed by atoms with van der Waals surface area (Å²) in [5, 5.41) is 1.34. The van der Waals surface area contributed by atoms with Crippen LogP contribution in [0, 0.1) is 0 Å². The quantitative estimate of drug-likeness (QED) is 0.558. The zero-order valence-electron chi connectivity index (χ0n) is 16.5. The lowest BCUT2D eigenvalue weighted by atomic mass is 10.0. The fraction of sp³-hybridized carbons (Fsp3) is 0.250. The maximum absolute atomic E-state index is 11.8. The van der Waals surface area contributed by atoms with Gasteiger partial charge >= 0.3 is 0 Å². The van der Waals surface area contributed by atoms with Crippen LogP contribution in [0.15, 0.2) is 59.4 Å². The van der Waals surface area contributed by atoms with Gasteiger partial charge in [-0.25, -0.2) is 4.98 Å². The number of aryl methyl sites for hydroxylation is 1. The average Bonchev–Trinajstić information content (AvgIpc) is 3.12. The fourth-order valence-electron chi connectivity index (χ4n) is 4.21. The highest BCUT2D eigenvalue weighted by molar-refractivity contribution is 5.84. The van der Waals surface area contributed by atoms with Crippen LogP contribution in [0.3, 0.4) is 0 Å². The third-order valence-corrected chi connectivity index (χ3v) is 5.75. The van der Waals surface area contributed by atoms with Crippen molar-refractivity contribution in [2.24, 2.45) is 0 Å². The first kappa shape index (κ1) is 17.9. The molecule has 0 aliphatic carbocycles. The molecule has 0 bridgehead atoms. The molecule has 29 heavy (non-hydrogen) atoms. The van der Waals surface area contributed by atoms with Crippen LogP contribution in [-0.2, 0) is 25.9 Å². The molecule has 146 valence electrons. The van der Waals surface area contributed by atoms with Gasteiger partial charge in [0.15, 0.2) is 0 Å². The first-order valence-corrected chi connectivity index (χ1v) is 10.2. The van der Waals surface area contributed by atoms with Gasteiger partial charge in [0.2, 0.25) is 0 Å². The van der Waals surface area contributed by atoms with E-state index in [-0.39, 0.29) is 5.56 Å². The molecule has 5 rings (SSSR count). The molecule has 0 radical (unpaired) electrons. The van der Waals surface area contributed by atoms with Gasteiger partial charge in [0.25, 0.3) is 5.56 Å². The second-order valence-electron chi connectivity index (χ2n) is 7.72. The summed E-state index contributed by atoms with van der Waals surface area (Å²) >= 11 is 0. The number of nitrogens with one attached hydrogen (secondary N) is 2. The summed E-state index contributed by atoms with van der Waals surface area (Å²) in [7, 11) is 0. The number of benzene rings is 2. The first-order chi connectivity index (χ1) is 14.2. The van der Waals surface area contributed by atoms with Crippen molar-refractivity contribution in [1.29, 1.82) is 0 Å². The third kappa shape index (κ3) is 3.49. The van der Waals surface area contributed by atoms with Crippen molar-refractivity contribution in [3.05, 3.63) is 87.5 Å². The summed E-state index contributed by atoms with van der Waals surface area (Å²) in [5.74, 6) is 0.641. The standard InChI is InChI=1S/C24H24N4O/c1-2-18-13-23(29)27-24(25-18)17-9-7-16(8-10-17)14-28-12-11-22-20(15-28)19-5-3-4-6-21(19)26-22/h3-10,13,26H,2,11-12,14-15H2,1H3,(H,25,27,29). The van der Waals surface area contributed by atoms with E-state index in [1.165, 1.54) is 27.7 Å². The van der Waals surface area contributed by atoms with Crippen LogP contribution in [0.1, 0.15) is 29.4 Å². The van der Waals surface area contributed by atoms with E-state index >= 15 is 0 Å². The van der Waals surface area contributed by atoms with Crippen LogP contribution in [0.4, 0.5) is 0 Å². The molecule has 4 aromatic rings. The summed E-state index contributed by atoms with van der Waals surface area (Å²) in [6.07, 6.45) is 1.80. The van der Waals surface area contributed by atoms with Gasteiger partial charge in [-0.1, -0.05) is 49.4 Å². The van der Waals surface area contributed by atoms with Gasteiger partial charge in [0, 0.05) is 60.0 Å². The molecule has 1 aliphatic rings. The van der Waals surface area contributed by atoms with Crippen LogP contribution in [0.5, 0.6) is 0 Å². The summed E-state index contributed by atoms with van der Waals surface area (Å²) < 4.78 is 0. The number of hydrogen-bond acceptors (Lipinski definition) is 3. The molecule has 3 heterocycles. The van der Waals surface area contributed by atoms with Gasteiger partial charge in [0.1, 0.15) is 5.82 Å². The van der Waals surface area contributed by atoms with Gasteiger partial charge in [-0.05, 0) is 23.6 Å². The van der Waals surface area contributed by atoms with Crippen LogP contribution in [-0.4, -0.2) is 26.4 Å². The largest absolute Gasteiger partial charge is 0.358 e. The SMILES string of the molecule is CCc1cc(=O)[nH]c(-c2ccc(CN3CCc4[nH]c5ccccc5c4C3)cc2)n1. The van der Waals surface area contributed by atoms with Crippen LogP contribution < -0.4 is 5.56 Å². The Morgan fingerprint density at radius 2 is 1.90 bits per heavy atom. The maximum atomic E-state index is 11.8. The second kappa shape index (κ2) is 7.33. The smallest absolute Gasteiger partial charge is 0.251 e. The lowest BCUT2D eigenvalue weighted by molar-refractivity contribution is 0.246. The highest BCUT2D eigenvalue weighted by Gasteiger charge is 2.20. The van der Waals surface area contributed by atoms with Gasteiger partial charge < -0.3 is 9.97 Å². The Morgan fingerprint density at radius 1 is 1.07 bits per heavy atom. The predicted octanol–water partition coefficient (Wildman–Crippen LogP) is 4.04. The minimum Gasteiger partial charge on any atom is -0.358 e. The van der Waals surface area contributed by atoms with Gasteiger partial charge in [0.05, 0.1) is 0 Å². The molecule has 0 amide bonds. The van der Waals surface area contributed by atoms with E-state index in [2.05, 4.69) is 56.3 Å². The number of para-hydroxylation sites is 1. The molecule has 0 unspecified atom stereocenters. The Hall–Kier alpha value is -3.18. The molecular weight excluding hydrogens is 360 g/mol. The van der Waals surface area contributed by atoms with E-state index in [4.69, 9.17) is 0 Å². The van der Waals surface area contributed by atoms with Crippen molar-refractivity contribution in [3.8, 4) is 11.4 Å². The van der Waals surface area contributed by atoms with Crippen molar-refractivity contribution in [2.45, 2.75) is 32.9 Å². The number of hydrogen-bond donors (Lipinski definition) is 2. The zero-order valence-corrected chi connectivity index (χ0v) is 16.5. The summed E-state index contributed by atoms with van der Waals surface area (Å²) in [4.78, 5) is 25.3. The summed E-state index contributed by atoms with van der Waals surface area (Å²) in [5.41, 5.74) is 6.98. The van der Waals surface area contributed by atoms with E-state index in [1.54, 1.807) is 6.07 Å². The molecule has 0 atom stereocenters. The number of aromatic nitrogens is 3. The predicted molar refractivity (Wildman–Crippen MR) is 116 cm³/mol. The van der Waals surface area contributed by atoms with Gasteiger partial charge in [-0.15, -0.1) is 0 Å². The summed E-state index contributed by atoms with van der Waals surface area (Å²) in [6, 6.07) is 18.5. The normalized spacial score (nSPS) is 14.2. The van der Waals surface area contributed by atoms with Crippen molar-refractivity contribution in [1.82, 2.24) is 19.9 Å². The molecule has 2 aromatic carbocycles. The van der Waals surface area contributed by atoms with Crippen LogP contribution in [0.25, 0.3) is 22.3 Å². The number of aromatic amines is 2. The van der Waals surface area contributed by atoms with Crippen LogP contribution >= 0.6 is 0 Å². The molecule has 0 fully saturated rings. The Bertz CT molecular complexity index is 1220. The Kier molecular flexibility index (Phi) is 4.52. The van der Waals surface area contributed by atoms with E-state index in [0.29, 0.717) is 5.82 Å². The topological polar surface area (TPSA) is 64.8 Å². The Labute approximate surface area is 169 Å². The molecule has 0 spiro atoms. The third-order valence-electron chi connectivity index (χ3n) is 5.75. The maximum Gasteiger partial charge on any atom is 0.251 e. The minimum atomic E-state index is -0.0984. The number of nitrogens with zero attached hydrogens (tertiary/aromatic N) is 2. The molecule has 2 N–H and O–H groups in total.